The minimum atomic E-state index is -0.321. The summed E-state index contributed by atoms with van der Waals surface area (Å²) in [6.45, 7) is 0. The number of hydrogen-bond donors (Lipinski definition) is 0. The standard InChI is InChI=1S/C6H15NSi/c1-7(2)8-5-3-4-6-8/h8H,3-6H2,1-2H3. The van der Waals surface area contributed by atoms with Crippen LogP contribution in [0, 0.1) is 0 Å². The van der Waals surface area contributed by atoms with E-state index in [0.717, 1.165) is 0 Å². The first-order valence-electron chi connectivity index (χ1n) is 3.47. The average molecular weight is 129 g/mol. The maximum absolute atomic E-state index is 2.48. The zero-order valence-electron chi connectivity index (χ0n) is 5.85. The SMILES string of the molecule is CN(C)[SiH]1CCCC1. The van der Waals surface area contributed by atoms with Crippen LogP contribution in [-0.4, -0.2) is 27.6 Å². The van der Waals surface area contributed by atoms with Crippen molar-refractivity contribution in [2.24, 2.45) is 0 Å². The number of hydrogen-bond acceptors (Lipinski definition) is 1. The maximum atomic E-state index is 2.48. The van der Waals surface area contributed by atoms with Crippen molar-refractivity contribution in [3.8, 4) is 0 Å². The highest BCUT2D eigenvalue weighted by Gasteiger charge is 2.17. The van der Waals surface area contributed by atoms with Crippen LogP contribution in [0.5, 0.6) is 0 Å². The van der Waals surface area contributed by atoms with E-state index in [1.165, 1.54) is 12.8 Å². The van der Waals surface area contributed by atoms with Crippen LogP contribution in [-0.2, 0) is 0 Å². The maximum Gasteiger partial charge on any atom is 0.111 e. The van der Waals surface area contributed by atoms with Gasteiger partial charge < -0.3 is 4.57 Å². The van der Waals surface area contributed by atoms with E-state index in [-0.39, 0.29) is 8.96 Å². The third-order valence-electron chi connectivity index (χ3n) is 2.05. The fraction of sp³-hybridized carbons (Fsp3) is 1.00. The van der Waals surface area contributed by atoms with Crippen LogP contribution in [0.25, 0.3) is 0 Å². The molecule has 1 saturated heterocycles. The highest BCUT2D eigenvalue weighted by atomic mass is 28.3. The third-order valence-corrected chi connectivity index (χ3v) is 5.66. The molecule has 2 heteroatoms. The summed E-state index contributed by atoms with van der Waals surface area (Å²) in [6.07, 6.45) is 3.02. The molecule has 0 aromatic heterocycles. The molecule has 0 radical (unpaired) electrons. The largest absolute Gasteiger partial charge is 0.331 e. The van der Waals surface area contributed by atoms with Crippen LogP contribution >= 0.6 is 0 Å². The second-order valence-electron chi connectivity index (χ2n) is 2.90. The summed E-state index contributed by atoms with van der Waals surface area (Å²) >= 11 is 0. The van der Waals surface area contributed by atoms with E-state index in [2.05, 4.69) is 18.7 Å². The molecular weight excluding hydrogens is 114 g/mol. The van der Waals surface area contributed by atoms with Gasteiger partial charge in [-0.25, -0.2) is 0 Å². The first-order chi connectivity index (χ1) is 3.80. The van der Waals surface area contributed by atoms with Gasteiger partial charge in [0.1, 0.15) is 8.96 Å². The van der Waals surface area contributed by atoms with E-state index >= 15 is 0 Å². The Balaban J connectivity index is 2.24. The van der Waals surface area contributed by atoms with Crippen LogP contribution < -0.4 is 0 Å². The highest BCUT2D eigenvalue weighted by Crippen LogP contribution is 2.19. The Bertz CT molecular complexity index is 66.9. The predicted octanol–water partition coefficient (Wildman–Crippen LogP) is 1.07. The Morgan fingerprint density at radius 1 is 1.12 bits per heavy atom. The molecule has 0 aromatic rings. The molecule has 1 aliphatic rings. The summed E-state index contributed by atoms with van der Waals surface area (Å²) < 4.78 is 2.48. The van der Waals surface area contributed by atoms with Gasteiger partial charge in [-0.05, 0) is 26.2 Å². The van der Waals surface area contributed by atoms with Crippen LogP contribution in [0.15, 0.2) is 0 Å². The molecule has 0 bridgehead atoms. The Morgan fingerprint density at radius 2 is 1.62 bits per heavy atom. The van der Waals surface area contributed by atoms with E-state index in [4.69, 9.17) is 0 Å². The summed E-state index contributed by atoms with van der Waals surface area (Å²) in [4.78, 5) is 0. The van der Waals surface area contributed by atoms with Crippen molar-refractivity contribution in [2.45, 2.75) is 24.9 Å². The van der Waals surface area contributed by atoms with Crippen molar-refractivity contribution in [1.29, 1.82) is 0 Å². The number of nitrogens with zero attached hydrogens (tertiary/aromatic N) is 1. The third kappa shape index (κ3) is 1.33. The second kappa shape index (κ2) is 2.64. The molecule has 1 rings (SSSR count). The molecular formula is C6H15NSi. The zero-order chi connectivity index (χ0) is 5.98. The van der Waals surface area contributed by atoms with Crippen molar-refractivity contribution in [1.82, 2.24) is 4.57 Å². The van der Waals surface area contributed by atoms with Gasteiger partial charge >= 0.3 is 0 Å². The smallest absolute Gasteiger partial charge is 0.111 e. The molecule has 1 fully saturated rings. The monoisotopic (exact) mass is 129 g/mol. The van der Waals surface area contributed by atoms with E-state index in [9.17, 15) is 0 Å². The van der Waals surface area contributed by atoms with Crippen molar-refractivity contribution < 1.29 is 0 Å². The van der Waals surface area contributed by atoms with E-state index in [1.807, 2.05) is 0 Å². The Morgan fingerprint density at radius 3 is 1.88 bits per heavy atom. The molecule has 0 amide bonds. The molecule has 8 heavy (non-hydrogen) atoms. The lowest BCUT2D eigenvalue weighted by Gasteiger charge is -2.15. The fourth-order valence-corrected chi connectivity index (χ4v) is 4.26. The molecule has 1 heterocycles. The molecule has 0 atom stereocenters. The summed E-state index contributed by atoms with van der Waals surface area (Å²) in [5, 5.41) is 0. The minimum Gasteiger partial charge on any atom is -0.331 e. The summed E-state index contributed by atoms with van der Waals surface area (Å²) in [5.74, 6) is 0. The Hall–Kier alpha value is 0.177. The van der Waals surface area contributed by atoms with Crippen molar-refractivity contribution >= 4 is 8.96 Å². The Labute approximate surface area is 53.4 Å². The quantitative estimate of drug-likeness (QED) is 0.479. The average Bonchev–Trinajstić information content (AvgIpc) is 2.12. The molecule has 0 aliphatic carbocycles. The van der Waals surface area contributed by atoms with Crippen LogP contribution in [0.4, 0.5) is 0 Å². The summed E-state index contributed by atoms with van der Waals surface area (Å²) in [6, 6.07) is 3.12. The summed E-state index contributed by atoms with van der Waals surface area (Å²) in [5.41, 5.74) is 0. The molecule has 1 nitrogen and oxygen atoms in total. The van der Waals surface area contributed by atoms with Gasteiger partial charge in [0.05, 0.1) is 0 Å². The lowest BCUT2D eigenvalue weighted by atomic mass is 10.4. The molecule has 1 aliphatic heterocycles. The van der Waals surface area contributed by atoms with Crippen molar-refractivity contribution in [2.75, 3.05) is 14.1 Å². The zero-order valence-corrected chi connectivity index (χ0v) is 7.01. The lowest BCUT2D eigenvalue weighted by molar-refractivity contribution is 0.640. The minimum absolute atomic E-state index is 0.321. The topological polar surface area (TPSA) is 3.24 Å². The van der Waals surface area contributed by atoms with E-state index in [0.29, 0.717) is 0 Å². The van der Waals surface area contributed by atoms with Gasteiger partial charge in [0.15, 0.2) is 0 Å². The van der Waals surface area contributed by atoms with Crippen LogP contribution in [0.1, 0.15) is 12.8 Å². The Kier molecular flexibility index (Phi) is 2.08. The molecule has 0 spiro atoms. The van der Waals surface area contributed by atoms with Gasteiger partial charge in [-0.2, -0.15) is 0 Å². The van der Waals surface area contributed by atoms with Gasteiger partial charge in [-0.3, -0.25) is 0 Å². The van der Waals surface area contributed by atoms with E-state index < -0.39 is 0 Å². The summed E-state index contributed by atoms with van der Waals surface area (Å²) in [7, 11) is 4.16. The van der Waals surface area contributed by atoms with Gasteiger partial charge in [0.2, 0.25) is 0 Å². The number of rotatable bonds is 1. The van der Waals surface area contributed by atoms with Crippen molar-refractivity contribution in [3.63, 3.8) is 0 Å². The highest BCUT2D eigenvalue weighted by molar-refractivity contribution is 6.56. The second-order valence-corrected chi connectivity index (χ2v) is 6.40. The fourth-order valence-electron chi connectivity index (χ4n) is 1.42. The van der Waals surface area contributed by atoms with Gasteiger partial charge in [-0.15, -0.1) is 0 Å². The first kappa shape index (κ1) is 6.30. The van der Waals surface area contributed by atoms with Crippen LogP contribution in [0.2, 0.25) is 12.1 Å². The molecule has 0 aromatic carbocycles. The van der Waals surface area contributed by atoms with Gasteiger partial charge in [-0.1, -0.05) is 12.8 Å². The van der Waals surface area contributed by atoms with Gasteiger partial charge in [0.25, 0.3) is 0 Å². The lowest BCUT2D eigenvalue weighted by Crippen LogP contribution is -2.28. The normalized spacial score (nSPS) is 22.9. The van der Waals surface area contributed by atoms with Gasteiger partial charge in [0, 0.05) is 0 Å². The predicted molar refractivity (Wildman–Crippen MR) is 39.7 cm³/mol. The molecule has 48 valence electrons. The van der Waals surface area contributed by atoms with E-state index in [1.54, 1.807) is 12.1 Å². The van der Waals surface area contributed by atoms with Crippen molar-refractivity contribution in [3.05, 3.63) is 0 Å². The molecule has 0 saturated carbocycles. The first-order valence-corrected chi connectivity index (χ1v) is 5.62. The molecule has 0 N–H and O–H groups in total. The molecule has 0 unspecified atom stereocenters. The van der Waals surface area contributed by atoms with Crippen LogP contribution in [0.3, 0.4) is 0 Å².